The largest absolute Gasteiger partial charge is 0.205 e. The minimum atomic E-state index is -0.273. The Morgan fingerprint density at radius 3 is 2.27 bits per heavy atom. The predicted octanol–water partition coefficient (Wildman–Crippen LogP) is 4.94. The molecule has 15 heavy (non-hydrogen) atoms. The van der Waals surface area contributed by atoms with Gasteiger partial charge in [0, 0.05) is 0 Å². The molecule has 0 nitrogen and oxygen atoms in total. The summed E-state index contributed by atoms with van der Waals surface area (Å²) in [6, 6.07) is 3.55. The molecule has 1 rings (SSSR count). The Hall–Kier alpha value is -0.560. The van der Waals surface area contributed by atoms with E-state index in [2.05, 4.69) is 20.8 Å². The van der Waals surface area contributed by atoms with E-state index < -0.39 is 0 Å². The van der Waals surface area contributed by atoms with Crippen LogP contribution in [0.5, 0.6) is 0 Å². The normalized spacial score (nSPS) is 14.1. The van der Waals surface area contributed by atoms with Gasteiger partial charge in [-0.3, -0.25) is 0 Å². The summed E-state index contributed by atoms with van der Waals surface area (Å²) in [5.74, 6) is -0.125. The molecule has 0 saturated heterocycles. The second-order valence-electron chi connectivity index (χ2n) is 5.24. The van der Waals surface area contributed by atoms with Gasteiger partial charge in [-0.25, -0.2) is 4.39 Å². The van der Waals surface area contributed by atoms with Crippen LogP contribution in [0.3, 0.4) is 0 Å². The Balaban J connectivity index is 3.25. The molecule has 0 radical (unpaired) electrons. The Kier molecular flexibility index (Phi) is 3.44. The maximum atomic E-state index is 13.8. The molecule has 0 aliphatic carbocycles. The van der Waals surface area contributed by atoms with Gasteiger partial charge in [-0.05, 0) is 35.4 Å². The van der Waals surface area contributed by atoms with Crippen molar-refractivity contribution in [2.75, 3.05) is 0 Å². The molecule has 1 aromatic carbocycles. The number of rotatable bonds is 1. The van der Waals surface area contributed by atoms with Crippen molar-refractivity contribution in [3.63, 3.8) is 0 Å². The van der Waals surface area contributed by atoms with Gasteiger partial charge in [0.15, 0.2) is 0 Å². The van der Waals surface area contributed by atoms with E-state index in [1.54, 1.807) is 6.07 Å². The summed E-state index contributed by atoms with van der Waals surface area (Å²) in [6.45, 7) is 10.3. The minimum Gasteiger partial charge on any atom is -0.205 e. The van der Waals surface area contributed by atoms with E-state index in [9.17, 15) is 4.39 Å². The molecule has 0 heterocycles. The fourth-order valence-corrected chi connectivity index (χ4v) is 1.81. The van der Waals surface area contributed by atoms with Crippen LogP contribution < -0.4 is 0 Å². The van der Waals surface area contributed by atoms with Crippen LogP contribution >= 0.6 is 11.6 Å². The Bertz CT molecular complexity index is 364. The summed E-state index contributed by atoms with van der Waals surface area (Å²) < 4.78 is 13.8. The van der Waals surface area contributed by atoms with Crippen molar-refractivity contribution in [3.8, 4) is 0 Å². The van der Waals surface area contributed by atoms with Gasteiger partial charge in [-0.1, -0.05) is 45.4 Å². The van der Waals surface area contributed by atoms with E-state index >= 15 is 0 Å². The zero-order chi connectivity index (χ0) is 11.8. The third-order valence-electron chi connectivity index (χ3n) is 2.97. The average Bonchev–Trinajstić information content (AvgIpc) is 2.08. The van der Waals surface area contributed by atoms with Crippen LogP contribution in [-0.4, -0.2) is 0 Å². The molecule has 0 N–H and O–H groups in total. The zero-order valence-corrected chi connectivity index (χ0v) is 10.7. The highest BCUT2D eigenvalue weighted by Crippen LogP contribution is 2.37. The quantitative estimate of drug-likeness (QED) is 0.639. The number of halogens is 2. The minimum absolute atomic E-state index is 0.0396. The van der Waals surface area contributed by atoms with Crippen LogP contribution in [0.4, 0.5) is 4.39 Å². The Morgan fingerprint density at radius 1 is 1.27 bits per heavy atom. The molecular weight excluding hydrogens is 211 g/mol. The molecule has 0 fully saturated rings. The van der Waals surface area contributed by atoms with Gasteiger partial charge in [-0.15, -0.1) is 0 Å². The van der Waals surface area contributed by atoms with E-state index in [0.29, 0.717) is 5.56 Å². The highest BCUT2D eigenvalue weighted by atomic mass is 35.5. The number of benzene rings is 1. The van der Waals surface area contributed by atoms with Crippen molar-refractivity contribution < 1.29 is 4.39 Å². The fourth-order valence-electron chi connectivity index (χ4n) is 1.53. The van der Waals surface area contributed by atoms with Crippen LogP contribution in [0.2, 0.25) is 5.02 Å². The monoisotopic (exact) mass is 228 g/mol. The molecule has 0 spiro atoms. The molecule has 84 valence electrons. The molecule has 1 aromatic rings. The summed E-state index contributed by atoms with van der Waals surface area (Å²) >= 11 is 5.84. The van der Waals surface area contributed by atoms with E-state index in [0.717, 1.165) is 5.56 Å². The number of aryl methyl sites for hydroxylation is 1. The zero-order valence-electron chi connectivity index (χ0n) is 9.99. The van der Waals surface area contributed by atoms with Crippen molar-refractivity contribution >= 4 is 11.6 Å². The highest BCUT2D eigenvalue weighted by Gasteiger charge is 2.25. The molecule has 1 atom stereocenters. The smallest absolute Gasteiger partial charge is 0.145 e. The Morgan fingerprint density at radius 2 is 1.80 bits per heavy atom. The van der Waals surface area contributed by atoms with E-state index in [4.69, 9.17) is 11.6 Å². The molecule has 0 unspecified atom stereocenters. The predicted molar refractivity (Wildman–Crippen MR) is 64.0 cm³/mol. The van der Waals surface area contributed by atoms with Gasteiger partial charge < -0.3 is 0 Å². The molecular formula is C13H18ClF. The van der Waals surface area contributed by atoms with Crippen LogP contribution in [0.15, 0.2) is 12.1 Å². The molecule has 0 bridgehead atoms. The van der Waals surface area contributed by atoms with Crippen molar-refractivity contribution in [2.45, 2.75) is 40.5 Å². The first kappa shape index (κ1) is 12.5. The summed E-state index contributed by atoms with van der Waals surface area (Å²) in [5.41, 5.74) is 1.76. The summed E-state index contributed by atoms with van der Waals surface area (Å²) in [7, 11) is 0. The van der Waals surface area contributed by atoms with Crippen molar-refractivity contribution in [3.05, 3.63) is 34.1 Å². The first-order valence-electron chi connectivity index (χ1n) is 5.19. The van der Waals surface area contributed by atoms with Crippen LogP contribution in [-0.2, 0) is 0 Å². The molecule has 0 aliphatic heterocycles. The first-order valence-corrected chi connectivity index (χ1v) is 5.57. The number of hydrogen-bond acceptors (Lipinski definition) is 0. The fraction of sp³-hybridized carbons (Fsp3) is 0.538. The van der Waals surface area contributed by atoms with E-state index in [-0.39, 0.29) is 22.2 Å². The van der Waals surface area contributed by atoms with Crippen LogP contribution in [0.1, 0.15) is 44.7 Å². The van der Waals surface area contributed by atoms with E-state index in [1.807, 2.05) is 19.9 Å². The van der Waals surface area contributed by atoms with Gasteiger partial charge in [0.1, 0.15) is 5.82 Å². The average molecular weight is 229 g/mol. The summed E-state index contributed by atoms with van der Waals surface area (Å²) in [4.78, 5) is 0. The van der Waals surface area contributed by atoms with Gasteiger partial charge >= 0.3 is 0 Å². The molecule has 0 amide bonds. The standard InChI is InChI=1S/C13H18ClF/c1-8-6-10(9(2)13(3,4)5)12(15)11(14)7-8/h6-7,9H,1-5H3/t9-/m0/s1. The number of hydrogen-bond donors (Lipinski definition) is 0. The van der Waals surface area contributed by atoms with Gasteiger partial charge in [0.05, 0.1) is 5.02 Å². The lowest BCUT2D eigenvalue weighted by molar-refractivity contribution is 0.331. The molecule has 2 heteroatoms. The third-order valence-corrected chi connectivity index (χ3v) is 3.24. The topological polar surface area (TPSA) is 0 Å². The lowest BCUT2D eigenvalue weighted by Crippen LogP contribution is -2.16. The third kappa shape index (κ3) is 2.72. The maximum absolute atomic E-state index is 13.8. The van der Waals surface area contributed by atoms with Crippen molar-refractivity contribution in [2.24, 2.45) is 5.41 Å². The summed E-state index contributed by atoms with van der Waals surface area (Å²) in [6.07, 6.45) is 0. The Labute approximate surface area is 96.5 Å². The first-order chi connectivity index (χ1) is 6.73. The van der Waals surface area contributed by atoms with Gasteiger partial charge in [0.25, 0.3) is 0 Å². The second-order valence-corrected chi connectivity index (χ2v) is 5.64. The van der Waals surface area contributed by atoms with Crippen LogP contribution in [0.25, 0.3) is 0 Å². The summed E-state index contributed by atoms with van der Waals surface area (Å²) in [5, 5.41) is 0.223. The lowest BCUT2D eigenvalue weighted by atomic mass is 9.77. The molecule has 0 aromatic heterocycles. The molecule has 0 saturated carbocycles. The van der Waals surface area contributed by atoms with Gasteiger partial charge in [-0.2, -0.15) is 0 Å². The van der Waals surface area contributed by atoms with Crippen molar-refractivity contribution in [1.29, 1.82) is 0 Å². The second kappa shape index (κ2) is 4.13. The SMILES string of the molecule is Cc1cc(Cl)c(F)c([C@H](C)C(C)(C)C)c1. The maximum Gasteiger partial charge on any atom is 0.145 e. The molecule has 0 aliphatic rings. The lowest BCUT2D eigenvalue weighted by Gasteiger charge is -2.28. The van der Waals surface area contributed by atoms with E-state index in [1.165, 1.54) is 0 Å². The highest BCUT2D eigenvalue weighted by molar-refractivity contribution is 6.30. The van der Waals surface area contributed by atoms with Crippen molar-refractivity contribution in [1.82, 2.24) is 0 Å². The van der Waals surface area contributed by atoms with Crippen LogP contribution in [0, 0.1) is 18.2 Å². The van der Waals surface area contributed by atoms with Gasteiger partial charge in [0.2, 0.25) is 0 Å².